The maximum atomic E-state index is 4.60. The van der Waals surface area contributed by atoms with E-state index in [1.807, 2.05) is 25.4 Å². The van der Waals surface area contributed by atoms with Gasteiger partial charge in [-0.05, 0) is 71.3 Å². The van der Waals surface area contributed by atoms with E-state index in [4.69, 9.17) is 0 Å². The molecule has 0 unspecified atom stereocenters. The van der Waals surface area contributed by atoms with Crippen molar-refractivity contribution in [2.75, 3.05) is 5.32 Å². The Morgan fingerprint density at radius 3 is 2.22 bits per heavy atom. The van der Waals surface area contributed by atoms with E-state index in [2.05, 4.69) is 101 Å². The fourth-order valence-corrected chi connectivity index (χ4v) is 4.05. The van der Waals surface area contributed by atoms with Gasteiger partial charge in [-0.2, -0.15) is 0 Å². The van der Waals surface area contributed by atoms with Crippen LogP contribution in [0.1, 0.15) is 16.8 Å². The second-order valence-electron chi connectivity index (χ2n) is 8.20. The van der Waals surface area contributed by atoms with Gasteiger partial charge in [0.1, 0.15) is 5.82 Å². The number of pyridine rings is 2. The predicted octanol–water partition coefficient (Wildman–Crippen LogP) is 7.19. The molecule has 2 heterocycles. The van der Waals surface area contributed by atoms with Crippen LogP contribution in [0.5, 0.6) is 0 Å². The van der Waals surface area contributed by atoms with E-state index in [9.17, 15) is 0 Å². The highest BCUT2D eigenvalue weighted by Crippen LogP contribution is 2.28. The van der Waals surface area contributed by atoms with Gasteiger partial charge in [0.2, 0.25) is 0 Å². The number of anilines is 1. The number of rotatable bonds is 5. The van der Waals surface area contributed by atoms with Crippen LogP contribution in [0.4, 0.5) is 5.82 Å². The Bertz CT molecular complexity index is 1390. The molecule has 5 aromatic rings. The minimum absolute atomic E-state index is 0.724. The Labute approximate surface area is 188 Å². The lowest BCUT2D eigenvalue weighted by Gasteiger charge is -2.11. The van der Waals surface area contributed by atoms with Crippen molar-refractivity contribution < 1.29 is 0 Å². The predicted molar refractivity (Wildman–Crippen MR) is 134 cm³/mol. The van der Waals surface area contributed by atoms with Crippen LogP contribution in [0.25, 0.3) is 33.0 Å². The van der Waals surface area contributed by atoms with Gasteiger partial charge >= 0.3 is 0 Å². The van der Waals surface area contributed by atoms with Crippen molar-refractivity contribution in [3.05, 3.63) is 114 Å². The Kier molecular flexibility index (Phi) is 5.39. The molecule has 3 aromatic carbocycles. The monoisotopic (exact) mass is 415 g/mol. The third kappa shape index (κ3) is 4.23. The Balaban J connectivity index is 1.35. The molecule has 0 saturated heterocycles. The van der Waals surface area contributed by atoms with Gasteiger partial charge in [-0.3, -0.25) is 4.98 Å². The lowest BCUT2D eigenvalue weighted by molar-refractivity contribution is 1.12. The maximum absolute atomic E-state index is 4.60. The second-order valence-corrected chi connectivity index (χ2v) is 8.20. The lowest BCUT2D eigenvalue weighted by Crippen LogP contribution is -2.02. The molecule has 3 nitrogen and oxygen atoms in total. The van der Waals surface area contributed by atoms with Crippen LogP contribution >= 0.6 is 0 Å². The molecule has 0 amide bonds. The van der Waals surface area contributed by atoms with Crippen molar-refractivity contribution in [2.24, 2.45) is 0 Å². The highest BCUT2D eigenvalue weighted by molar-refractivity contribution is 5.94. The van der Waals surface area contributed by atoms with Gasteiger partial charge < -0.3 is 5.32 Å². The summed E-state index contributed by atoms with van der Waals surface area (Å²) in [6, 6.07) is 30.1. The molecule has 0 saturated carbocycles. The molecule has 2 aromatic heterocycles. The first-order chi connectivity index (χ1) is 15.7. The van der Waals surface area contributed by atoms with Crippen molar-refractivity contribution in [1.29, 1.82) is 0 Å². The van der Waals surface area contributed by atoms with Crippen LogP contribution in [-0.2, 0) is 6.54 Å². The SMILES string of the molecule is Cc1cccc(-c2ccc3c(NCc4ccc(-c5ccnc(C)c5)cc4)nccc3c2)c1. The zero-order chi connectivity index (χ0) is 21.9. The minimum atomic E-state index is 0.724. The minimum Gasteiger partial charge on any atom is -0.365 e. The first-order valence-electron chi connectivity index (χ1n) is 10.9. The molecular weight excluding hydrogens is 390 g/mol. The van der Waals surface area contributed by atoms with Crippen molar-refractivity contribution in [1.82, 2.24) is 9.97 Å². The third-order valence-corrected chi connectivity index (χ3v) is 5.76. The van der Waals surface area contributed by atoms with Gasteiger partial charge in [0.25, 0.3) is 0 Å². The summed E-state index contributed by atoms with van der Waals surface area (Å²) in [5.74, 6) is 0.909. The summed E-state index contributed by atoms with van der Waals surface area (Å²) in [5.41, 5.74) is 8.37. The van der Waals surface area contributed by atoms with Crippen molar-refractivity contribution in [2.45, 2.75) is 20.4 Å². The molecule has 3 heteroatoms. The lowest BCUT2D eigenvalue weighted by atomic mass is 10.0. The molecular formula is C29H25N3. The number of aromatic nitrogens is 2. The molecule has 0 atom stereocenters. The number of nitrogens with one attached hydrogen (secondary N) is 1. The number of hydrogen-bond donors (Lipinski definition) is 1. The highest BCUT2D eigenvalue weighted by Gasteiger charge is 2.06. The normalized spacial score (nSPS) is 10.9. The van der Waals surface area contributed by atoms with Gasteiger partial charge in [0.15, 0.2) is 0 Å². The Hall–Kier alpha value is -3.98. The summed E-state index contributed by atoms with van der Waals surface area (Å²) < 4.78 is 0. The summed E-state index contributed by atoms with van der Waals surface area (Å²) in [5, 5.41) is 5.84. The summed E-state index contributed by atoms with van der Waals surface area (Å²) in [4.78, 5) is 8.88. The van der Waals surface area contributed by atoms with Crippen LogP contribution < -0.4 is 5.32 Å². The molecule has 0 aliphatic carbocycles. The summed E-state index contributed by atoms with van der Waals surface area (Å²) in [6.45, 7) is 4.87. The topological polar surface area (TPSA) is 37.8 Å². The van der Waals surface area contributed by atoms with Crippen LogP contribution in [0, 0.1) is 13.8 Å². The van der Waals surface area contributed by atoms with E-state index in [-0.39, 0.29) is 0 Å². The zero-order valence-corrected chi connectivity index (χ0v) is 18.3. The van der Waals surface area contributed by atoms with E-state index < -0.39 is 0 Å². The number of benzene rings is 3. The average Bonchev–Trinajstić information content (AvgIpc) is 2.82. The van der Waals surface area contributed by atoms with Crippen LogP contribution in [0.2, 0.25) is 0 Å². The highest BCUT2D eigenvalue weighted by atomic mass is 15.0. The van der Waals surface area contributed by atoms with Gasteiger partial charge in [0, 0.05) is 30.0 Å². The molecule has 0 aliphatic heterocycles. The molecule has 0 radical (unpaired) electrons. The molecule has 5 rings (SSSR count). The number of hydrogen-bond acceptors (Lipinski definition) is 3. The van der Waals surface area contributed by atoms with Crippen molar-refractivity contribution in [3.8, 4) is 22.3 Å². The Morgan fingerprint density at radius 1 is 0.656 bits per heavy atom. The van der Waals surface area contributed by atoms with E-state index in [0.29, 0.717) is 0 Å². The number of fused-ring (bicyclic) bond motifs is 1. The van der Waals surface area contributed by atoms with Crippen LogP contribution in [0.15, 0.2) is 97.3 Å². The van der Waals surface area contributed by atoms with Gasteiger partial charge in [-0.15, -0.1) is 0 Å². The van der Waals surface area contributed by atoms with Crippen molar-refractivity contribution in [3.63, 3.8) is 0 Å². The standard InChI is InChI=1S/C29H25N3/c1-20-4-3-5-24(16-20)25-10-11-28-27(18-25)13-15-31-29(28)32-19-22-6-8-23(9-7-22)26-12-14-30-21(2)17-26/h3-18H,19H2,1-2H3,(H,31,32). The molecule has 0 fully saturated rings. The molecule has 0 aliphatic rings. The summed E-state index contributed by atoms with van der Waals surface area (Å²) >= 11 is 0. The summed E-state index contributed by atoms with van der Waals surface area (Å²) in [6.07, 6.45) is 3.73. The smallest absolute Gasteiger partial charge is 0.134 e. The molecule has 156 valence electrons. The number of aryl methyl sites for hydroxylation is 2. The average molecular weight is 416 g/mol. The third-order valence-electron chi connectivity index (χ3n) is 5.76. The zero-order valence-electron chi connectivity index (χ0n) is 18.3. The fraction of sp³-hybridized carbons (Fsp3) is 0.103. The molecule has 32 heavy (non-hydrogen) atoms. The quantitative estimate of drug-likeness (QED) is 0.330. The van der Waals surface area contributed by atoms with Crippen LogP contribution in [0.3, 0.4) is 0 Å². The largest absolute Gasteiger partial charge is 0.365 e. The van der Waals surface area contributed by atoms with E-state index in [1.165, 1.54) is 38.8 Å². The van der Waals surface area contributed by atoms with Gasteiger partial charge in [-0.1, -0.05) is 66.2 Å². The first-order valence-corrected chi connectivity index (χ1v) is 10.9. The van der Waals surface area contributed by atoms with Gasteiger partial charge in [-0.25, -0.2) is 4.98 Å². The Morgan fingerprint density at radius 2 is 1.41 bits per heavy atom. The fourth-order valence-electron chi connectivity index (χ4n) is 4.05. The van der Waals surface area contributed by atoms with Gasteiger partial charge in [0.05, 0.1) is 0 Å². The number of nitrogens with zero attached hydrogens (tertiary/aromatic N) is 2. The van der Waals surface area contributed by atoms with E-state index >= 15 is 0 Å². The second kappa shape index (κ2) is 8.64. The van der Waals surface area contributed by atoms with E-state index in [0.717, 1.165) is 23.4 Å². The van der Waals surface area contributed by atoms with E-state index in [1.54, 1.807) is 0 Å². The molecule has 1 N–H and O–H groups in total. The van der Waals surface area contributed by atoms with Crippen molar-refractivity contribution >= 4 is 16.6 Å². The van der Waals surface area contributed by atoms with Crippen LogP contribution in [-0.4, -0.2) is 9.97 Å². The maximum Gasteiger partial charge on any atom is 0.134 e. The summed E-state index contributed by atoms with van der Waals surface area (Å²) in [7, 11) is 0. The molecule has 0 bridgehead atoms. The first kappa shape index (κ1) is 20.0. The molecule has 0 spiro atoms.